The molecule has 1 aliphatic heterocycles. The number of hydrogen-bond acceptors (Lipinski definition) is 9. The number of allylic oxidation sites excluding steroid dienone is 1. The number of thioether (sulfide) groups is 1. The predicted molar refractivity (Wildman–Crippen MR) is 244 cm³/mol. The number of aliphatic hydroxyl groups excluding tert-OH is 2. The summed E-state index contributed by atoms with van der Waals surface area (Å²) in [5.41, 5.74) is 2.91. The fourth-order valence-electron chi connectivity index (χ4n) is 10.0. The van der Waals surface area contributed by atoms with E-state index in [1.165, 1.54) is 43.4 Å². The zero-order chi connectivity index (χ0) is 42.7. The fraction of sp³-hybridized carbons (Fsp3) is 0.640. The average Bonchev–Trinajstić information content (AvgIpc) is 3.26. The van der Waals surface area contributed by atoms with Crippen LogP contribution in [0.25, 0.3) is 0 Å². The molecule has 2 aliphatic carbocycles. The third-order valence-electron chi connectivity index (χ3n) is 12.8. The lowest BCUT2D eigenvalue weighted by Gasteiger charge is -2.60. The topological polar surface area (TPSA) is 110 Å². The highest BCUT2D eigenvalue weighted by Crippen LogP contribution is 2.62. The van der Waals surface area contributed by atoms with Crippen LogP contribution in [0.1, 0.15) is 141 Å². The second kappa shape index (κ2) is 25.0. The summed E-state index contributed by atoms with van der Waals surface area (Å²) in [6, 6.07) is 13.8. The van der Waals surface area contributed by atoms with Gasteiger partial charge in [0.1, 0.15) is 30.4 Å². The van der Waals surface area contributed by atoms with E-state index >= 15 is 0 Å². The Morgan fingerprint density at radius 3 is 2.25 bits per heavy atom. The Kier molecular flexibility index (Phi) is 19.9. The number of unbranched alkanes of at least 4 members (excludes halogenated alkanes) is 10. The molecule has 332 valence electrons. The lowest BCUT2D eigenvalue weighted by molar-refractivity contribution is -0.257. The normalized spacial score (nSPS) is 23.6. The van der Waals surface area contributed by atoms with Crippen LogP contribution in [0.3, 0.4) is 0 Å². The molecular formula is C50H74N2O7S. The van der Waals surface area contributed by atoms with Gasteiger partial charge in [-0.05, 0) is 105 Å². The van der Waals surface area contributed by atoms with Gasteiger partial charge in [0, 0.05) is 49.0 Å². The molecule has 0 radical (unpaired) electrons. The lowest BCUT2D eigenvalue weighted by Crippen LogP contribution is -2.70. The number of benzene rings is 2. The molecule has 1 heterocycles. The van der Waals surface area contributed by atoms with Gasteiger partial charge in [0.05, 0.1) is 18.2 Å². The number of nitrogens with zero attached hydrogens (tertiary/aromatic N) is 2. The number of carbonyl (C=O) groups excluding carboxylic acids is 1. The Labute approximate surface area is 365 Å². The molecule has 9 nitrogen and oxygen atoms in total. The van der Waals surface area contributed by atoms with Crippen molar-refractivity contribution in [1.29, 1.82) is 0 Å². The van der Waals surface area contributed by atoms with E-state index in [9.17, 15) is 15.0 Å². The van der Waals surface area contributed by atoms with Crippen LogP contribution in [0.15, 0.2) is 76.8 Å². The summed E-state index contributed by atoms with van der Waals surface area (Å²) in [4.78, 5) is 23.5. The fourth-order valence-corrected chi connectivity index (χ4v) is 10.4. The van der Waals surface area contributed by atoms with Crippen molar-refractivity contribution in [3.05, 3.63) is 72.3 Å². The highest BCUT2D eigenvalue weighted by atomic mass is 32.2. The summed E-state index contributed by atoms with van der Waals surface area (Å²) < 4.78 is 21.0. The quantitative estimate of drug-likeness (QED) is 0.0377. The second-order valence-corrected chi connectivity index (χ2v) is 17.8. The molecule has 10 heteroatoms. The zero-order valence-electron chi connectivity index (χ0n) is 37.1. The summed E-state index contributed by atoms with van der Waals surface area (Å²) in [6.07, 6.45) is 23.6. The van der Waals surface area contributed by atoms with Crippen LogP contribution in [0, 0.1) is 17.8 Å². The first kappa shape index (κ1) is 47.7. The van der Waals surface area contributed by atoms with E-state index in [0.717, 1.165) is 91.9 Å². The number of ether oxygens (including phenoxy) is 3. The summed E-state index contributed by atoms with van der Waals surface area (Å²) >= 11 is 1.69. The van der Waals surface area contributed by atoms with Crippen molar-refractivity contribution in [2.45, 2.75) is 152 Å². The molecule has 1 saturated carbocycles. The molecule has 6 atom stereocenters. The van der Waals surface area contributed by atoms with Gasteiger partial charge in [0.2, 0.25) is 11.7 Å². The van der Waals surface area contributed by atoms with Gasteiger partial charge in [0.25, 0.3) is 0 Å². The number of hydrogen-bond donors (Lipinski definition) is 2. The minimum atomic E-state index is -1.24. The first-order valence-electron chi connectivity index (χ1n) is 23.1. The highest BCUT2D eigenvalue weighted by Gasteiger charge is 2.65. The van der Waals surface area contributed by atoms with Crippen molar-refractivity contribution < 1.29 is 34.1 Å². The van der Waals surface area contributed by atoms with Crippen molar-refractivity contribution >= 4 is 23.4 Å². The zero-order valence-corrected chi connectivity index (χ0v) is 37.9. The Morgan fingerprint density at radius 1 is 0.917 bits per heavy atom. The van der Waals surface area contributed by atoms with E-state index in [1.54, 1.807) is 24.9 Å². The van der Waals surface area contributed by atoms with Crippen molar-refractivity contribution in [3.8, 4) is 17.2 Å². The molecule has 0 bridgehead atoms. The van der Waals surface area contributed by atoms with Crippen LogP contribution in [0.5, 0.6) is 17.2 Å². The van der Waals surface area contributed by atoms with Gasteiger partial charge in [-0.2, -0.15) is 0 Å². The standard InChI is InChI=1S/C50H74N2O7S/c1-6-9-10-11-12-13-14-15-16-23-47(55)52(30-7-2)46-36-44(51-56-4)42-34-37(21-17-19-31-53)41(22-18-20-32-54)48-43-35-39(58-38-24-27-40(60-5)28-25-38)26-29-45(43)59-50(46,49(42)48)57-33-8-3/h8,24-29,34-35,37,41,46,48-49,53-54H,3,6-7,9-23,30-33,36H2,1-2,4-5H3/t37-,41+,46-,48+,49+,50+/m0/s1. The minimum absolute atomic E-state index is 0.0976. The maximum atomic E-state index is 14.6. The smallest absolute Gasteiger partial charge is 0.239 e. The predicted octanol–water partition coefficient (Wildman–Crippen LogP) is 11.6. The van der Waals surface area contributed by atoms with E-state index in [-0.39, 0.29) is 49.4 Å². The van der Waals surface area contributed by atoms with Crippen molar-refractivity contribution in [2.24, 2.45) is 22.9 Å². The van der Waals surface area contributed by atoms with Gasteiger partial charge in [0.15, 0.2) is 0 Å². The molecule has 3 aliphatic rings. The van der Waals surface area contributed by atoms with Crippen molar-refractivity contribution in [1.82, 2.24) is 4.90 Å². The molecule has 1 amide bonds. The maximum Gasteiger partial charge on any atom is 0.239 e. The van der Waals surface area contributed by atoms with Crippen LogP contribution in [-0.2, 0) is 14.4 Å². The highest BCUT2D eigenvalue weighted by molar-refractivity contribution is 7.98. The molecule has 2 N–H and O–H groups in total. The molecule has 0 unspecified atom stereocenters. The second-order valence-electron chi connectivity index (χ2n) is 16.9. The third kappa shape index (κ3) is 12.0. The van der Waals surface area contributed by atoms with Gasteiger partial charge in [-0.15, -0.1) is 18.3 Å². The van der Waals surface area contributed by atoms with E-state index in [4.69, 9.17) is 24.2 Å². The Hall–Kier alpha value is -3.31. The van der Waals surface area contributed by atoms with E-state index in [0.29, 0.717) is 25.8 Å². The van der Waals surface area contributed by atoms with Crippen molar-refractivity contribution in [3.63, 3.8) is 0 Å². The van der Waals surface area contributed by atoms with Gasteiger partial charge < -0.3 is 34.2 Å². The first-order valence-corrected chi connectivity index (χ1v) is 24.3. The Morgan fingerprint density at radius 2 is 1.60 bits per heavy atom. The average molecular weight is 847 g/mol. The molecule has 2 aromatic rings. The van der Waals surface area contributed by atoms with E-state index < -0.39 is 11.8 Å². The largest absolute Gasteiger partial charge is 0.459 e. The molecule has 0 aromatic heterocycles. The SMILES string of the molecule is C=CCO[C@@]12Oc3ccc(Oc4ccc(SC)cc4)cc3[C@H]3[C@H](CCCCO)[C@@H](CCCCO)C=C(C(=NOC)C[C@@H]1N(CCC)C(=O)CCCCCCCCCCC)[C@H]32. The number of aliphatic hydroxyl groups is 2. The van der Waals surface area contributed by atoms with Gasteiger partial charge in [-0.1, -0.05) is 95.4 Å². The van der Waals surface area contributed by atoms with E-state index in [1.807, 2.05) is 29.2 Å². The molecule has 5 rings (SSSR count). The van der Waals surface area contributed by atoms with Crippen LogP contribution in [0.4, 0.5) is 0 Å². The Bertz CT molecular complexity index is 1680. The molecular weight excluding hydrogens is 773 g/mol. The first-order chi connectivity index (χ1) is 29.4. The Balaban J connectivity index is 1.60. The number of amides is 1. The van der Waals surface area contributed by atoms with Crippen LogP contribution in [0.2, 0.25) is 0 Å². The summed E-state index contributed by atoms with van der Waals surface area (Å²) in [7, 11) is 1.59. The molecule has 0 spiro atoms. The number of carbonyl (C=O) groups is 1. The summed E-state index contributed by atoms with van der Waals surface area (Å²) in [6.45, 7) is 9.54. The minimum Gasteiger partial charge on any atom is -0.459 e. The monoisotopic (exact) mass is 847 g/mol. The van der Waals surface area contributed by atoms with Crippen LogP contribution < -0.4 is 9.47 Å². The molecule has 0 saturated heterocycles. The molecule has 60 heavy (non-hydrogen) atoms. The third-order valence-corrected chi connectivity index (χ3v) is 13.5. The van der Waals surface area contributed by atoms with Gasteiger partial charge in [-0.3, -0.25) is 4.79 Å². The van der Waals surface area contributed by atoms with Gasteiger partial charge in [-0.25, -0.2) is 0 Å². The lowest BCUT2D eigenvalue weighted by atomic mass is 9.55. The molecule has 1 fully saturated rings. The summed E-state index contributed by atoms with van der Waals surface area (Å²) in [5.74, 6) is 0.967. The van der Waals surface area contributed by atoms with Gasteiger partial charge >= 0.3 is 0 Å². The molecule has 2 aromatic carbocycles. The van der Waals surface area contributed by atoms with Crippen molar-refractivity contribution in [2.75, 3.05) is 39.7 Å². The number of rotatable bonds is 28. The number of oxime groups is 1. The van der Waals surface area contributed by atoms with E-state index in [2.05, 4.69) is 51.0 Å². The maximum absolute atomic E-state index is 14.6. The summed E-state index contributed by atoms with van der Waals surface area (Å²) in [5, 5.41) is 24.5. The van der Waals surface area contributed by atoms with Crippen LogP contribution in [-0.4, -0.2) is 78.3 Å². The number of fused-ring (bicyclic) bond motifs is 2. The van der Waals surface area contributed by atoms with Crippen LogP contribution >= 0.6 is 11.8 Å².